The molecular formula is C15H17NO. The topological polar surface area (TPSA) is 32.3 Å². The number of rotatable bonds is 3. The van der Waals surface area contributed by atoms with E-state index in [1.807, 2.05) is 37.3 Å². The average Bonchev–Trinajstić information content (AvgIpc) is 2.35. The van der Waals surface area contributed by atoms with Crippen molar-refractivity contribution in [2.45, 2.75) is 19.9 Å². The largest absolute Gasteiger partial charge is 0.508 e. The highest BCUT2D eigenvalue weighted by atomic mass is 16.3. The molecule has 0 radical (unpaired) electrons. The molecule has 0 saturated carbocycles. The van der Waals surface area contributed by atoms with E-state index in [0.717, 1.165) is 11.3 Å². The Bertz CT molecular complexity index is 494. The molecule has 2 aromatic rings. The van der Waals surface area contributed by atoms with Gasteiger partial charge in [-0.2, -0.15) is 0 Å². The SMILES string of the molecule is Cc1ccc(NC(C)c2ccccc2)cc1O. The summed E-state index contributed by atoms with van der Waals surface area (Å²) >= 11 is 0. The molecule has 2 nitrogen and oxygen atoms in total. The summed E-state index contributed by atoms with van der Waals surface area (Å²) in [6.45, 7) is 3.99. The first kappa shape index (κ1) is 11.5. The molecule has 2 N–H and O–H groups in total. The van der Waals surface area contributed by atoms with Gasteiger partial charge < -0.3 is 10.4 Å². The van der Waals surface area contributed by atoms with Crippen molar-refractivity contribution in [2.24, 2.45) is 0 Å². The van der Waals surface area contributed by atoms with Crippen LogP contribution in [0.5, 0.6) is 5.75 Å². The van der Waals surface area contributed by atoms with Crippen LogP contribution in [-0.4, -0.2) is 5.11 Å². The molecule has 0 heterocycles. The van der Waals surface area contributed by atoms with Crippen LogP contribution in [0.15, 0.2) is 48.5 Å². The van der Waals surface area contributed by atoms with Gasteiger partial charge in [-0.25, -0.2) is 0 Å². The third-order valence-electron chi connectivity index (χ3n) is 2.89. The highest BCUT2D eigenvalue weighted by Gasteiger charge is 2.05. The molecule has 1 atom stereocenters. The van der Waals surface area contributed by atoms with E-state index in [1.54, 1.807) is 6.07 Å². The maximum Gasteiger partial charge on any atom is 0.120 e. The molecule has 0 aliphatic carbocycles. The number of aryl methyl sites for hydroxylation is 1. The van der Waals surface area contributed by atoms with Gasteiger partial charge in [0.1, 0.15) is 5.75 Å². The number of nitrogens with one attached hydrogen (secondary N) is 1. The van der Waals surface area contributed by atoms with E-state index in [2.05, 4.69) is 24.4 Å². The Hall–Kier alpha value is -1.96. The second-order valence-corrected chi connectivity index (χ2v) is 4.28. The molecule has 1 unspecified atom stereocenters. The first-order valence-corrected chi connectivity index (χ1v) is 5.78. The molecule has 0 aliphatic heterocycles. The number of benzene rings is 2. The summed E-state index contributed by atoms with van der Waals surface area (Å²) in [5.41, 5.74) is 3.06. The zero-order valence-electron chi connectivity index (χ0n) is 10.1. The summed E-state index contributed by atoms with van der Waals surface area (Å²) in [4.78, 5) is 0. The van der Waals surface area contributed by atoms with Crippen molar-refractivity contribution in [1.29, 1.82) is 0 Å². The Morgan fingerprint density at radius 3 is 2.41 bits per heavy atom. The van der Waals surface area contributed by atoms with E-state index in [4.69, 9.17) is 0 Å². The van der Waals surface area contributed by atoms with Gasteiger partial charge in [-0.1, -0.05) is 36.4 Å². The molecule has 88 valence electrons. The van der Waals surface area contributed by atoms with Crippen molar-refractivity contribution in [1.82, 2.24) is 0 Å². The summed E-state index contributed by atoms with van der Waals surface area (Å²) in [6.07, 6.45) is 0. The fourth-order valence-corrected chi connectivity index (χ4v) is 1.77. The Balaban J connectivity index is 2.13. The van der Waals surface area contributed by atoms with Gasteiger partial charge in [-0.05, 0) is 31.0 Å². The lowest BCUT2D eigenvalue weighted by molar-refractivity contribution is 0.471. The lowest BCUT2D eigenvalue weighted by Crippen LogP contribution is -2.06. The van der Waals surface area contributed by atoms with Crippen LogP contribution in [0.1, 0.15) is 24.1 Å². The van der Waals surface area contributed by atoms with Crippen LogP contribution in [0.3, 0.4) is 0 Å². The van der Waals surface area contributed by atoms with E-state index in [-0.39, 0.29) is 6.04 Å². The van der Waals surface area contributed by atoms with E-state index >= 15 is 0 Å². The summed E-state index contributed by atoms with van der Waals surface area (Å²) in [5.74, 6) is 0.329. The molecule has 0 amide bonds. The molecule has 2 rings (SSSR count). The molecule has 2 heteroatoms. The van der Waals surface area contributed by atoms with Crippen LogP contribution in [0.2, 0.25) is 0 Å². The highest BCUT2D eigenvalue weighted by Crippen LogP contribution is 2.24. The molecule has 0 bridgehead atoms. The van der Waals surface area contributed by atoms with Gasteiger partial charge in [0.15, 0.2) is 0 Å². The monoisotopic (exact) mass is 227 g/mol. The molecule has 0 saturated heterocycles. The van der Waals surface area contributed by atoms with E-state index in [0.29, 0.717) is 5.75 Å². The summed E-state index contributed by atoms with van der Waals surface area (Å²) in [5, 5.41) is 13.0. The smallest absolute Gasteiger partial charge is 0.120 e. The van der Waals surface area contributed by atoms with Crippen molar-refractivity contribution >= 4 is 5.69 Å². The fraction of sp³-hybridized carbons (Fsp3) is 0.200. The minimum absolute atomic E-state index is 0.221. The minimum atomic E-state index is 0.221. The zero-order chi connectivity index (χ0) is 12.3. The maximum atomic E-state index is 9.64. The van der Waals surface area contributed by atoms with Crippen molar-refractivity contribution in [3.8, 4) is 5.75 Å². The van der Waals surface area contributed by atoms with Gasteiger partial charge in [-0.15, -0.1) is 0 Å². The van der Waals surface area contributed by atoms with Crippen LogP contribution in [-0.2, 0) is 0 Å². The quantitative estimate of drug-likeness (QED) is 0.834. The molecular weight excluding hydrogens is 210 g/mol. The van der Waals surface area contributed by atoms with Gasteiger partial charge in [-0.3, -0.25) is 0 Å². The summed E-state index contributed by atoms with van der Waals surface area (Å²) in [7, 11) is 0. The second-order valence-electron chi connectivity index (χ2n) is 4.28. The molecule has 0 aliphatic rings. The first-order chi connectivity index (χ1) is 8.16. The fourth-order valence-electron chi connectivity index (χ4n) is 1.77. The Morgan fingerprint density at radius 2 is 1.76 bits per heavy atom. The average molecular weight is 227 g/mol. The van der Waals surface area contributed by atoms with Crippen LogP contribution in [0.25, 0.3) is 0 Å². The van der Waals surface area contributed by atoms with Gasteiger partial charge >= 0.3 is 0 Å². The van der Waals surface area contributed by atoms with Gasteiger partial charge in [0.25, 0.3) is 0 Å². The van der Waals surface area contributed by atoms with Gasteiger partial charge in [0.05, 0.1) is 0 Å². The van der Waals surface area contributed by atoms with Crippen LogP contribution in [0.4, 0.5) is 5.69 Å². The molecule has 2 aromatic carbocycles. The van der Waals surface area contributed by atoms with Gasteiger partial charge in [0.2, 0.25) is 0 Å². The molecule has 0 fully saturated rings. The first-order valence-electron chi connectivity index (χ1n) is 5.78. The number of phenolic OH excluding ortho intramolecular Hbond substituents is 1. The zero-order valence-corrected chi connectivity index (χ0v) is 10.1. The maximum absolute atomic E-state index is 9.64. The molecule has 0 spiro atoms. The van der Waals surface area contributed by atoms with Crippen LogP contribution in [0, 0.1) is 6.92 Å². The van der Waals surface area contributed by atoms with Crippen molar-refractivity contribution in [2.75, 3.05) is 5.32 Å². The third-order valence-corrected chi connectivity index (χ3v) is 2.89. The van der Waals surface area contributed by atoms with Crippen LogP contribution >= 0.6 is 0 Å². The Morgan fingerprint density at radius 1 is 1.06 bits per heavy atom. The second kappa shape index (κ2) is 4.91. The summed E-state index contributed by atoms with van der Waals surface area (Å²) < 4.78 is 0. The van der Waals surface area contributed by atoms with Gasteiger partial charge in [0, 0.05) is 17.8 Å². The highest BCUT2D eigenvalue weighted by molar-refractivity contribution is 5.52. The number of anilines is 1. The van der Waals surface area contributed by atoms with Crippen LogP contribution < -0.4 is 5.32 Å². The predicted octanol–water partition coefficient (Wildman–Crippen LogP) is 3.87. The number of aromatic hydroxyl groups is 1. The third kappa shape index (κ3) is 2.78. The number of hydrogen-bond acceptors (Lipinski definition) is 2. The van der Waals surface area contributed by atoms with E-state index in [1.165, 1.54) is 5.56 Å². The number of phenols is 1. The van der Waals surface area contributed by atoms with Crippen molar-refractivity contribution in [3.63, 3.8) is 0 Å². The molecule has 17 heavy (non-hydrogen) atoms. The van der Waals surface area contributed by atoms with E-state index in [9.17, 15) is 5.11 Å². The lowest BCUT2D eigenvalue weighted by atomic mass is 10.1. The van der Waals surface area contributed by atoms with Crippen molar-refractivity contribution in [3.05, 3.63) is 59.7 Å². The number of hydrogen-bond donors (Lipinski definition) is 2. The Labute approximate surface area is 102 Å². The standard InChI is InChI=1S/C15H17NO/c1-11-8-9-14(10-15(11)17)16-12(2)13-6-4-3-5-7-13/h3-10,12,16-17H,1-2H3. The Kier molecular flexibility index (Phi) is 3.33. The minimum Gasteiger partial charge on any atom is -0.508 e. The lowest BCUT2D eigenvalue weighted by Gasteiger charge is -2.16. The molecule has 0 aromatic heterocycles. The predicted molar refractivity (Wildman–Crippen MR) is 71.3 cm³/mol. The van der Waals surface area contributed by atoms with E-state index < -0.39 is 0 Å². The summed E-state index contributed by atoms with van der Waals surface area (Å²) in [6, 6.07) is 16.1. The van der Waals surface area contributed by atoms with Crippen molar-refractivity contribution < 1.29 is 5.11 Å². The normalized spacial score (nSPS) is 12.1.